The summed E-state index contributed by atoms with van der Waals surface area (Å²) in [6.45, 7) is 2.98. The van der Waals surface area contributed by atoms with Crippen LogP contribution in [0.2, 0.25) is 0 Å². The van der Waals surface area contributed by atoms with Gasteiger partial charge in [-0.1, -0.05) is 19.1 Å². The van der Waals surface area contributed by atoms with Crippen LogP contribution < -0.4 is 5.32 Å². The zero-order chi connectivity index (χ0) is 14.5. The molecule has 0 saturated carbocycles. The summed E-state index contributed by atoms with van der Waals surface area (Å²) >= 11 is 0. The molecule has 0 spiro atoms. The van der Waals surface area contributed by atoms with Crippen molar-refractivity contribution in [2.24, 2.45) is 5.92 Å². The molecule has 1 aliphatic heterocycles. The number of carboxylic acid groups (broad SMARTS) is 1. The summed E-state index contributed by atoms with van der Waals surface area (Å²) in [7, 11) is 0. The minimum absolute atomic E-state index is 0.000328. The third-order valence-electron chi connectivity index (χ3n) is 3.59. The molecule has 5 nitrogen and oxygen atoms in total. The highest BCUT2D eigenvalue weighted by Crippen LogP contribution is 2.23. The average Bonchev–Trinajstić information content (AvgIpc) is 2.93. The average molecular weight is 277 g/mol. The molecule has 5 heteroatoms. The van der Waals surface area contributed by atoms with E-state index in [1.54, 1.807) is 18.2 Å². The number of aromatic carboxylic acids is 1. The Morgan fingerprint density at radius 2 is 2.25 bits per heavy atom. The van der Waals surface area contributed by atoms with Gasteiger partial charge in [0.05, 0.1) is 17.6 Å². The van der Waals surface area contributed by atoms with E-state index in [0.29, 0.717) is 13.2 Å². The molecule has 108 valence electrons. The van der Waals surface area contributed by atoms with Crippen molar-refractivity contribution in [3.8, 4) is 0 Å². The van der Waals surface area contributed by atoms with Gasteiger partial charge in [0.15, 0.2) is 0 Å². The minimum atomic E-state index is -0.964. The fourth-order valence-electron chi connectivity index (χ4n) is 2.49. The quantitative estimate of drug-likeness (QED) is 0.860. The lowest BCUT2D eigenvalue weighted by Gasteiger charge is -2.16. The molecule has 1 heterocycles. The normalized spacial score (nSPS) is 21.6. The highest BCUT2D eigenvalue weighted by Gasteiger charge is 2.32. The Morgan fingerprint density at radius 1 is 1.45 bits per heavy atom. The van der Waals surface area contributed by atoms with E-state index < -0.39 is 5.97 Å². The summed E-state index contributed by atoms with van der Waals surface area (Å²) in [5.74, 6) is -1.08. The van der Waals surface area contributed by atoms with Crippen molar-refractivity contribution in [2.45, 2.75) is 32.4 Å². The van der Waals surface area contributed by atoms with Gasteiger partial charge in [-0.05, 0) is 30.5 Å². The lowest BCUT2D eigenvalue weighted by molar-refractivity contribution is -0.126. The van der Waals surface area contributed by atoms with Crippen molar-refractivity contribution >= 4 is 11.9 Å². The number of amides is 1. The van der Waals surface area contributed by atoms with Crippen LogP contribution in [-0.2, 0) is 16.1 Å². The van der Waals surface area contributed by atoms with Gasteiger partial charge < -0.3 is 15.2 Å². The maximum atomic E-state index is 12.1. The van der Waals surface area contributed by atoms with Crippen molar-refractivity contribution < 1.29 is 19.4 Å². The first kappa shape index (κ1) is 14.5. The van der Waals surface area contributed by atoms with E-state index in [0.717, 1.165) is 18.4 Å². The summed E-state index contributed by atoms with van der Waals surface area (Å²) in [6, 6.07) is 6.59. The molecule has 1 aromatic rings. The van der Waals surface area contributed by atoms with Crippen LogP contribution in [0.1, 0.15) is 35.7 Å². The fourth-order valence-corrected chi connectivity index (χ4v) is 2.49. The van der Waals surface area contributed by atoms with Gasteiger partial charge in [-0.2, -0.15) is 0 Å². The Balaban J connectivity index is 1.93. The molecule has 1 saturated heterocycles. The van der Waals surface area contributed by atoms with E-state index in [-0.39, 0.29) is 23.5 Å². The molecule has 1 amide bonds. The maximum Gasteiger partial charge on any atom is 0.335 e. The van der Waals surface area contributed by atoms with Gasteiger partial charge in [-0.15, -0.1) is 0 Å². The topological polar surface area (TPSA) is 75.6 Å². The van der Waals surface area contributed by atoms with Crippen molar-refractivity contribution in [1.82, 2.24) is 5.32 Å². The van der Waals surface area contributed by atoms with Gasteiger partial charge in [0.1, 0.15) is 0 Å². The zero-order valence-electron chi connectivity index (χ0n) is 11.5. The molecule has 1 fully saturated rings. The van der Waals surface area contributed by atoms with Gasteiger partial charge >= 0.3 is 5.97 Å². The highest BCUT2D eigenvalue weighted by atomic mass is 16.5. The molecule has 1 aromatic carbocycles. The van der Waals surface area contributed by atoms with E-state index in [9.17, 15) is 9.59 Å². The molecule has 0 radical (unpaired) electrons. The Kier molecular flexibility index (Phi) is 4.74. The van der Waals surface area contributed by atoms with Crippen molar-refractivity contribution in [1.29, 1.82) is 0 Å². The fraction of sp³-hybridized carbons (Fsp3) is 0.467. The van der Waals surface area contributed by atoms with Crippen LogP contribution in [0, 0.1) is 5.92 Å². The molecule has 20 heavy (non-hydrogen) atoms. The highest BCUT2D eigenvalue weighted by molar-refractivity contribution is 5.87. The largest absolute Gasteiger partial charge is 0.478 e. The molecule has 0 aliphatic carbocycles. The third-order valence-corrected chi connectivity index (χ3v) is 3.59. The SMILES string of the molecule is CCC1OCCC1C(=O)NCc1cccc(C(=O)O)c1. The second-order valence-electron chi connectivity index (χ2n) is 4.94. The first-order valence-corrected chi connectivity index (χ1v) is 6.83. The van der Waals surface area contributed by atoms with Crippen LogP contribution in [0.25, 0.3) is 0 Å². The van der Waals surface area contributed by atoms with E-state index >= 15 is 0 Å². The van der Waals surface area contributed by atoms with Crippen LogP contribution >= 0.6 is 0 Å². The number of carbonyl (C=O) groups is 2. The van der Waals surface area contributed by atoms with Crippen LogP contribution in [0.4, 0.5) is 0 Å². The smallest absolute Gasteiger partial charge is 0.335 e. The number of carboxylic acids is 1. The summed E-state index contributed by atoms with van der Waals surface area (Å²) < 4.78 is 5.50. The number of ether oxygens (including phenoxy) is 1. The lowest BCUT2D eigenvalue weighted by Crippen LogP contribution is -2.34. The monoisotopic (exact) mass is 277 g/mol. The van der Waals surface area contributed by atoms with Crippen molar-refractivity contribution in [2.75, 3.05) is 6.61 Å². The molecule has 2 atom stereocenters. The van der Waals surface area contributed by atoms with Crippen LogP contribution in [0.15, 0.2) is 24.3 Å². The summed E-state index contributed by atoms with van der Waals surface area (Å²) in [4.78, 5) is 23.0. The minimum Gasteiger partial charge on any atom is -0.478 e. The lowest BCUT2D eigenvalue weighted by atomic mass is 9.98. The summed E-state index contributed by atoms with van der Waals surface area (Å²) in [5, 5.41) is 11.8. The van der Waals surface area contributed by atoms with Gasteiger partial charge in [0, 0.05) is 13.2 Å². The van der Waals surface area contributed by atoms with Crippen molar-refractivity contribution in [3.05, 3.63) is 35.4 Å². The number of nitrogens with one attached hydrogen (secondary N) is 1. The van der Waals surface area contributed by atoms with E-state index in [1.165, 1.54) is 6.07 Å². The second kappa shape index (κ2) is 6.52. The van der Waals surface area contributed by atoms with E-state index in [4.69, 9.17) is 9.84 Å². The van der Waals surface area contributed by atoms with Gasteiger partial charge in [-0.3, -0.25) is 4.79 Å². The van der Waals surface area contributed by atoms with Crippen LogP contribution in [-0.4, -0.2) is 29.7 Å². The number of hydrogen-bond acceptors (Lipinski definition) is 3. The van der Waals surface area contributed by atoms with Crippen molar-refractivity contribution in [3.63, 3.8) is 0 Å². The predicted octanol–water partition coefficient (Wildman–Crippen LogP) is 1.82. The van der Waals surface area contributed by atoms with E-state index in [2.05, 4.69) is 5.32 Å². The Hall–Kier alpha value is -1.88. The van der Waals surface area contributed by atoms with Gasteiger partial charge in [0.25, 0.3) is 0 Å². The number of carbonyl (C=O) groups excluding carboxylic acids is 1. The predicted molar refractivity (Wildman–Crippen MR) is 73.4 cm³/mol. The third kappa shape index (κ3) is 3.36. The molecule has 0 bridgehead atoms. The summed E-state index contributed by atoms with van der Waals surface area (Å²) in [5.41, 5.74) is 1.01. The molecule has 2 rings (SSSR count). The molecule has 2 N–H and O–H groups in total. The first-order valence-electron chi connectivity index (χ1n) is 6.83. The number of rotatable bonds is 5. The molecular formula is C15H19NO4. The summed E-state index contributed by atoms with van der Waals surface area (Å²) in [6.07, 6.45) is 1.58. The van der Waals surface area contributed by atoms with Gasteiger partial charge in [0.2, 0.25) is 5.91 Å². The molecule has 0 aromatic heterocycles. The second-order valence-corrected chi connectivity index (χ2v) is 4.94. The standard InChI is InChI=1S/C15H19NO4/c1-2-13-12(6-7-20-13)14(17)16-9-10-4-3-5-11(8-10)15(18)19/h3-5,8,12-13H,2,6-7,9H2,1H3,(H,16,17)(H,18,19). The van der Waals surface area contributed by atoms with Crippen LogP contribution in [0.5, 0.6) is 0 Å². The Bertz CT molecular complexity index is 500. The van der Waals surface area contributed by atoms with E-state index in [1.807, 2.05) is 6.92 Å². The zero-order valence-corrected chi connectivity index (χ0v) is 11.5. The molecule has 2 unspecified atom stereocenters. The Labute approximate surface area is 117 Å². The van der Waals surface area contributed by atoms with Gasteiger partial charge in [-0.25, -0.2) is 4.79 Å². The number of benzene rings is 1. The molecule has 1 aliphatic rings. The molecular weight excluding hydrogens is 258 g/mol. The number of hydrogen-bond donors (Lipinski definition) is 2. The Morgan fingerprint density at radius 3 is 2.95 bits per heavy atom. The first-order chi connectivity index (χ1) is 9.61. The maximum absolute atomic E-state index is 12.1. The van der Waals surface area contributed by atoms with Crippen LogP contribution in [0.3, 0.4) is 0 Å².